The number of hydrogen-bond donors (Lipinski definition) is 0. The normalized spacial score (nSPS) is 13.1. The monoisotopic (exact) mass is 625 g/mol. The molecule has 0 saturated heterocycles. The fourth-order valence-corrected chi connectivity index (χ4v) is 8.36. The lowest BCUT2D eigenvalue weighted by atomic mass is 9.66. The van der Waals surface area contributed by atoms with Crippen LogP contribution in [-0.2, 0) is 5.41 Å². The predicted molar refractivity (Wildman–Crippen MR) is 203 cm³/mol. The van der Waals surface area contributed by atoms with Gasteiger partial charge in [-0.15, -0.1) is 0 Å². The van der Waals surface area contributed by atoms with E-state index in [1.807, 2.05) is 0 Å². The van der Waals surface area contributed by atoms with Gasteiger partial charge in [-0.2, -0.15) is 0 Å². The van der Waals surface area contributed by atoms with Gasteiger partial charge in [0.2, 0.25) is 0 Å². The maximum atomic E-state index is 7.10. The molecule has 49 heavy (non-hydrogen) atoms. The van der Waals surface area contributed by atoms with Crippen LogP contribution < -0.4 is 4.90 Å². The molecule has 0 spiro atoms. The molecule has 0 N–H and O–H groups in total. The van der Waals surface area contributed by atoms with E-state index < -0.39 is 5.41 Å². The molecule has 0 atom stereocenters. The minimum atomic E-state index is -0.686. The SMILES string of the molecule is c1ccc(N(c2ccc3c(oc4ccccc43)c2C2(c3ccccc3)c3ccccc3-c3ccccc32)c2cccc3ccccc23)cc1. The van der Waals surface area contributed by atoms with Crippen LogP contribution in [0.1, 0.15) is 22.3 Å². The number of benzene rings is 8. The number of furan rings is 1. The fourth-order valence-electron chi connectivity index (χ4n) is 8.36. The lowest BCUT2D eigenvalue weighted by Gasteiger charge is -2.38. The first-order valence-electron chi connectivity index (χ1n) is 16.9. The zero-order valence-electron chi connectivity index (χ0n) is 26.8. The van der Waals surface area contributed by atoms with Crippen LogP contribution in [0.2, 0.25) is 0 Å². The third-order valence-electron chi connectivity index (χ3n) is 10.3. The Balaban J connectivity index is 1.44. The molecule has 1 heterocycles. The molecule has 0 saturated carbocycles. The lowest BCUT2D eigenvalue weighted by Crippen LogP contribution is -2.31. The van der Waals surface area contributed by atoms with Gasteiger partial charge in [-0.3, -0.25) is 0 Å². The van der Waals surface area contributed by atoms with E-state index in [2.05, 4.69) is 193 Å². The molecule has 2 heteroatoms. The molecule has 2 nitrogen and oxygen atoms in total. The van der Waals surface area contributed by atoms with E-state index in [9.17, 15) is 0 Å². The van der Waals surface area contributed by atoms with Crippen molar-refractivity contribution in [3.8, 4) is 11.1 Å². The summed E-state index contributed by atoms with van der Waals surface area (Å²) in [5, 5.41) is 4.61. The van der Waals surface area contributed by atoms with Crippen molar-refractivity contribution in [2.45, 2.75) is 5.41 Å². The minimum absolute atomic E-state index is 0.686. The smallest absolute Gasteiger partial charge is 0.142 e. The van der Waals surface area contributed by atoms with Crippen LogP contribution in [0, 0.1) is 0 Å². The van der Waals surface area contributed by atoms with Gasteiger partial charge < -0.3 is 9.32 Å². The van der Waals surface area contributed by atoms with Gasteiger partial charge in [0.05, 0.1) is 16.8 Å². The highest BCUT2D eigenvalue weighted by Crippen LogP contribution is 2.60. The van der Waals surface area contributed by atoms with Crippen molar-refractivity contribution in [1.29, 1.82) is 0 Å². The van der Waals surface area contributed by atoms with Crippen molar-refractivity contribution in [3.63, 3.8) is 0 Å². The lowest BCUT2D eigenvalue weighted by molar-refractivity contribution is 0.648. The zero-order valence-corrected chi connectivity index (χ0v) is 26.8. The summed E-state index contributed by atoms with van der Waals surface area (Å²) >= 11 is 0. The Kier molecular flexibility index (Phi) is 6.13. The Hall–Kier alpha value is -6.38. The van der Waals surface area contributed by atoms with Crippen molar-refractivity contribution >= 4 is 49.8 Å². The Morgan fingerprint density at radius 2 is 1.00 bits per heavy atom. The third kappa shape index (κ3) is 3.95. The zero-order chi connectivity index (χ0) is 32.4. The Labute approximate surface area is 285 Å². The Bertz CT molecular complexity index is 2620. The summed E-state index contributed by atoms with van der Waals surface area (Å²) in [6.45, 7) is 0. The largest absolute Gasteiger partial charge is 0.456 e. The molecule has 10 rings (SSSR count). The topological polar surface area (TPSA) is 16.4 Å². The second-order valence-electron chi connectivity index (χ2n) is 12.8. The van der Waals surface area contributed by atoms with E-state index >= 15 is 0 Å². The first-order chi connectivity index (χ1) is 24.3. The molecule has 230 valence electrons. The maximum Gasteiger partial charge on any atom is 0.142 e. The van der Waals surface area contributed by atoms with Crippen molar-refractivity contribution in [3.05, 3.63) is 210 Å². The first kappa shape index (κ1) is 27.7. The van der Waals surface area contributed by atoms with Crippen molar-refractivity contribution in [2.75, 3.05) is 4.90 Å². The van der Waals surface area contributed by atoms with E-state index in [1.165, 1.54) is 38.6 Å². The van der Waals surface area contributed by atoms with Crippen molar-refractivity contribution in [2.24, 2.45) is 0 Å². The van der Waals surface area contributed by atoms with E-state index in [1.54, 1.807) is 0 Å². The predicted octanol–water partition coefficient (Wildman–Crippen LogP) is 12.6. The highest BCUT2D eigenvalue weighted by Gasteiger charge is 2.49. The van der Waals surface area contributed by atoms with Crippen molar-refractivity contribution < 1.29 is 4.42 Å². The quantitative estimate of drug-likeness (QED) is 0.189. The molecule has 0 fully saturated rings. The first-order valence-corrected chi connectivity index (χ1v) is 16.9. The van der Waals surface area contributed by atoms with Crippen LogP contribution in [0.5, 0.6) is 0 Å². The van der Waals surface area contributed by atoms with Gasteiger partial charge in [0.15, 0.2) is 0 Å². The van der Waals surface area contributed by atoms with Crippen LogP contribution in [-0.4, -0.2) is 0 Å². The summed E-state index contributed by atoms with van der Waals surface area (Å²) < 4.78 is 7.10. The molecule has 1 aromatic heterocycles. The molecule has 1 aliphatic carbocycles. The maximum absolute atomic E-state index is 7.10. The summed E-state index contributed by atoms with van der Waals surface area (Å²) in [7, 11) is 0. The van der Waals surface area contributed by atoms with Crippen LogP contribution in [0.3, 0.4) is 0 Å². The molecular weight excluding hydrogens is 595 g/mol. The standard InChI is InChI=1S/C47H31NO/c1-3-18-33(19-4-1)47(40-26-12-9-23-36(40)37-24-10-13-27-41(37)47)45-43(31-30-39-38-25-11-14-29-44(38)49-46(39)45)48(34-20-5-2-6-21-34)42-28-15-17-32-16-7-8-22-35(32)42/h1-31H. The summed E-state index contributed by atoms with van der Waals surface area (Å²) in [4.78, 5) is 2.44. The molecule has 0 amide bonds. The van der Waals surface area contributed by atoms with Gasteiger partial charge in [-0.05, 0) is 69.6 Å². The average Bonchev–Trinajstić information content (AvgIpc) is 3.70. The minimum Gasteiger partial charge on any atom is -0.456 e. The summed E-state index contributed by atoms with van der Waals surface area (Å²) in [5.74, 6) is 0. The Morgan fingerprint density at radius 1 is 0.408 bits per heavy atom. The molecule has 0 unspecified atom stereocenters. The summed E-state index contributed by atoms with van der Waals surface area (Å²) in [6.07, 6.45) is 0. The molecule has 0 bridgehead atoms. The third-order valence-corrected chi connectivity index (χ3v) is 10.3. The number of hydrogen-bond acceptors (Lipinski definition) is 2. The number of nitrogens with zero attached hydrogens (tertiary/aromatic N) is 1. The van der Waals surface area contributed by atoms with Crippen LogP contribution in [0.25, 0.3) is 43.8 Å². The highest BCUT2D eigenvalue weighted by molar-refractivity contribution is 6.10. The van der Waals surface area contributed by atoms with Gasteiger partial charge >= 0.3 is 0 Å². The van der Waals surface area contributed by atoms with Gasteiger partial charge in [-0.25, -0.2) is 0 Å². The van der Waals surface area contributed by atoms with Gasteiger partial charge in [0, 0.05) is 27.4 Å². The van der Waals surface area contributed by atoms with Crippen LogP contribution >= 0.6 is 0 Å². The molecule has 0 aliphatic heterocycles. The number of para-hydroxylation sites is 2. The number of fused-ring (bicyclic) bond motifs is 7. The molecule has 9 aromatic rings. The van der Waals surface area contributed by atoms with Crippen molar-refractivity contribution in [1.82, 2.24) is 0 Å². The highest BCUT2D eigenvalue weighted by atomic mass is 16.3. The molecule has 8 aromatic carbocycles. The van der Waals surface area contributed by atoms with Crippen LogP contribution in [0.4, 0.5) is 17.1 Å². The molecule has 0 radical (unpaired) electrons. The Morgan fingerprint density at radius 3 is 1.76 bits per heavy atom. The average molecular weight is 626 g/mol. The molecule has 1 aliphatic rings. The van der Waals surface area contributed by atoms with Crippen LogP contribution in [0.15, 0.2) is 192 Å². The number of anilines is 3. The summed E-state index contributed by atoms with van der Waals surface area (Å²) in [5.41, 5.74) is 11.7. The van der Waals surface area contributed by atoms with E-state index in [-0.39, 0.29) is 0 Å². The second kappa shape index (κ2) is 10.8. The number of rotatable bonds is 5. The van der Waals surface area contributed by atoms with E-state index in [0.29, 0.717) is 0 Å². The van der Waals surface area contributed by atoms with Gasteiger partial charge in [-0.1, -0.05) is 152 Å². The van der Waals surface area contributed by atoms with Gasteiger partial charge in [0.25, 0.3) is 0 Å². The van der Waals surface area contributed by atoms with Gasteiger partial charge in [0.1, 0.15) is 11.2 Å². The summed E-state index contributed by atoms with van der Waals surface area (Å²) in [6, 6.07) is 67.9. The van der Waals surface area contributed by atoms with E-state index in [4.69, 9.17) is 4.42 Å². The fraction of sp³-hybridized carbons (Fsp3) is 0.0213. The van der Waals surface area contributed by atoms with E-state index in [0.717, 1.165) is 44.6 Å². The molecular formula is C47H31NO. The second-order valence-corrected chi connectivity index (χ2v) is 12.8.